The zero-order valence-electron chi connectivity index (χ0n) is 21.4. The molecule has 0 spiro atoms. The van der Waals surface area contributed by atoms with Gasteiger partial charge in [-0.2, -0.15) is 0 Å². The van der Waals surface area contributed by atoms with Gasteiger partial charge < -0.3 is 9.55 Å². The van der Waals surface area contributed by atoms with Crippen molar-refractivity contribution in [2.75, 3.05) is 0 Å². The molecule has 189 valence electrons. The van der Waals surface area contributed by atoms with Crippen LogP contribution in [0.4, 0.5) is 0 Å². The van der Waals surface area contributed by atoms with E-state index in [1.807, 2.05) is 6.20 Å². The summed E-state index contributed by atoms with van der Waals surface area (Å²) in [5.41, 5.74) is 11.4. The molecule has 0 atom stereocenters. The molecule has 2 nitrogen and oxygen atoms in total. The molecule has 3 heteroatoms. The molecule has 0 aliphatic rings. The van der Waals surface area contributed by atoms with Crippen molar-refractivity contribution in [3.05, 3.63) is 145 Å². The van der Waals surface area contributed by atoms with Gasteiger partial charge in [0.15, 0.2) is 0 Å². The van der Waals surface area contributed by atoms with Crippen LogP contribution in [0.5, 0.6) is 0 Å². The van der Waals surface area contributed by atoms with Gasteiger partial charge in [-0.25, -0.2) is 0 Å². The number of aromatic nitrogens is 2. The molecule has 0 aliphatic carbocycles. The van der Waals surface area contributed by atoms with E-state index < -0.39 is 0 Å². The Bertz CT molecular complexity index is 1790. The topological polar surface area (TPSA) is 17.8 Å². The number of fused-ring (bicyclic) bond motifs is 3. The van der Waals surface area contributed by atoms with Crippen molar-refractivity contribution < 1.29 is 20.1 Å². The van der Waals surface area contributed by atoms with Crippen LogP contribution in [0.15, 0.2) is 134 Å². The standard InChI is InChI=1S/C36H25N2.Ir/c1-25-12-19-34(37-24-25)28-13-17-31(18-14-28)38-35-20-15-29(26-8-4-2-5-9-26)22-32(35)33-23-30(16-21-36(33)38)27-10-6-3-7-11-27;/h2-13,15-24H,1H3;/q-1;. The molecule has 39 heavy (non-hydrogen) atoms. The van der Waals surface area contributed by atoms with Gasteiger partial charge in [-0.3, -0.25) is 0 Å². The minimum Gasteiger partial charge on any atom is -0.351 e. The van der Waals surface area contributed by atoms with Crippen LogP contribution in [-0.4, -0.2) is 9.55 Å². The summed E-state index contributed by atoms with van der Waals surface area (Å²) in [5, 5.41) is 2.48. The van der Waals surface area contributed by atoms with E-state index in [1.54, 1.807) is 0 Å². The molecular weight excluding hydrogens is 653 g/mol. The van der Waals surface area contributed by atoms with Crippen LogP contribution in [0.1, 0.15) is 5.56 Å². The van der Waals surface area contributed by atoms with Gasteiger partial charge in [-0.05, 0) is 70.4 Å². The van der Waals surface area contributed by atoms with Crippen LogP contribution in [0, 0.1) is 13.0 Å². The van der Waals surface area contributed by atoms with Gasteiger partial charge in [0, 0.05) is 48.1 Å². The molecule has 2 heterocycles. The molecule has 0 N–H and O–H groups in total. The third-order valence-electron chi connectivity index (χ3n) is 7.22. The second kappa shape index (κ2) is 10.5. The number of nitrogens with zero attached hydrogens (tertiary/aromatic N) is 2. The van der Waals surface area contributed by atoms with Gasteiger partial charge in [0.25, 0.3) is 0 Å². The molecule has 7 rings (SSSR count). The van der Waals surface area contributed by atoms with Gasteiger partial charge in [0.05, 0.1) is 0 Å². The Balaban J connectivity index is 0.00000277. The third kappa shape index (κ3) is 4.61. The summed E-state index contributed by atoms with van der Waals surface area (Å²) in [7, 11) is 0. The van der Waals surface area contributed by atoms with Gasteiger partial charge >= 0.3 is 0 Å². The van der Waals surface area contributed by atoms with Crippen molar-refractivity contribution in [1.82, 2.24) is 9.55 Å². The maximum Gasteiger partial charge on any atom is 0.0452 e. The molecule has 5 aromatic carbocycles. The first-order chi connectivity index (χ1) is 18.7. The zero-order chi connectivity index (χ0) is 25.5. The average molecular weight is 678 g/mol. The Morgan fingerprint density at radius 1 is 0.590 bits per heavy atom. The van der Waals surface area contributed by atoms with E-state index in [-0.39, 0.29) is 20.1 Å². The first-order valence-electron chi connectivity index (χ1n) is 12.9. The smallest absolute Gasteiger partial charge is 0.0452 e. The summed E-state index contributed by atoms with van der Waals surface area (Å²) in [6, 6.07) is 48.7. The Morgan fingerprint density at radius 2 is 1.18 bits per heavy atom. The quantitative estimate of drug-likeness (QED) is 0.170. The second-order valence-electron chi connectivity index (χ2n) is 9.71. The zero-order valence-corrected chi connectivity index (χ0v) is 23.8. The van der Waals surface area contributed by atoms with Crippen molar-refractivity contribution in [2.45, 2.75) is 6.92 Å². The summed E-state index contributed by atoms with van der Waals surface area (Å²) in [6.07, 6.45) is 1.90. The molecule has 7 aromatic rings. The molecule has 0 amide bonds. The van der Waals surface area contributed by atoms with Crippen molar-refractivity contribution in [2.24, 2.45) is 0 Å². The van der Waals surface area contributed by atoms with Crippen LogP contribution in [0.2, 0.25) is 0 Å². The van der Waals surface area contributed by atoms with Gasteiger partial charge in [-0.1, -0.05) is 84.9 Å². The van der Waals surface area contributed by atoms with E-state index in [0.717, 1.165) is 22.5 Å². The van der Waals surface area contributed by atoms with Crippen molar-refractivity contribution in [1.29, 1.82) is 0 Å². The number of hydrogen-bond acceptors (Lipinski definition) is 1. The SMILES string of the molecule is Cc1ccc(-c2[c-]cc(-n3c4ccc(-c5ccccc5)cc4c4cc(-c5ccccc5)ccc43)cc2)nc1.[Ir]. The summed E-state index contributed by atoms with van der Waals surface area (Å²) < 4.78 is 2.34. The largest absolute Gasteiger partial charge is 0.351 e. The third-order valence-corrected chi connectivity index (χ3v) is 7.22. The fourth-order valence-electron chi connectivity index (χ4n) is 5.26. The van der Waals surface area contributed by atoms with Crippen molar-refractivity contribution in [3.63, 3.8) is 0 Å². The van der Waals surface area contributed by atoms with Crippen LogP contribution in [0.3, 0.4) is 0 Å². The van der Waals surface area contributed by atoms with Crippen LogP contribution < -0.4 is 0 Å². The van der Waals surface area contributed by atoms with Crippen molar-refractivity contribution >= 4 is 21.8 Å². The van der Waals surface area contributed by atoms with E-state index in [1.165, 1.54) is 44.1 Å². The molecular formula is C36H25IrN2-. The normalized spacial score (nSPS) is 11.0. The summed E-state index contributed by atoms with van der Waals surface area (Å²) in [4.78, 5) is 4.58. The summed E-state index contributed by atoms with van der Waals surface area (Å²) >= 11 is 0. The Labute approximate surface area is 242 Å². The Kier molecular flexibility index (Phi) is 6.70. The van der Waals surface area contributed by atoms with Gasteiger partial charge in [0.2, 0.25) is 0 Å². The maximum absolute atomic E-state index is 4.58. The van der Waals surface area contributed by atoms with E-state index in [2.05, 4.69) is 150 Å². The Hall–Kier alpha value is -4.30. The fourth-order valence-corrected chi connectivity index (χ4v) is 5.26. The molecule has 2 aromatic heterocycles. The molecule has 0 bridgehead atoms. The van der Waals surface area contributed by atoms with Crippen molar-refractivity contribution in [3.8, 4) is 39.2 Å². The molecule has 0 saturated heterocycles. The first kappa shape index (κ1) is 25.0. The number of benzene rings is 5. The monoisotopic (exact) mass is 678 g/mol. The van der Waals surface area contributed by atoms with E-state index in [4.69, 9.17) is 0 Å². The van der Waals surface area contributed by atoms with E-state index in [0.29, 0.717) is 0 Å². The molecule has 1 radical (unpaired) electrons. The van der Waals surface area contributed by atoms with Crippen LogP contribution in [-0.2, 0) is 20.1 Å². The molecule has 0 fully saturated rings. The first-order valence-corrected chi connectivity index (χ1v) is 12.9. The Morgan fingerprint density at radius 3 is 1.67 bits per heavy atom. The molecule has 0 saturated carbocycles. The summed E-state index contributed by atoms with van der Waals surface area (Å²) in [5.74, 6) is 0. The van der Waals surface area contributed by atoms with Crippen LogP contribution in [0.25, 0.3) is 61.0 Å². The molecule has 0 aliphatic heterocycles. The second-order valence-corrected chi connectivity index (χ2v) is 9.71. The predicted octanol–water partition coefficient (Wildman–Crippen LogP) is 9.29. The number of hydrogen-bond donors (Lipinski definition) is 0. The van der Waals surface area contributed by atoms with E-state index >= 15 is 0 Å². The fraction of sp³-hybridized carbons (Fsp3) is 0.0278. The average Bonchev–Trinajstić information content (AvgIpc) is 3.31. The predicted molar refractivity (Wildman–Crippen MR) is 158 cm³/mol. The van der Waals surface area contributed by atoms with Gasteiger partial charge in [-0.15, -0.1) is 29.8 Å². The minimum absolute atomic E-state index is 0. The van der Waals surface area contributed by atoms with Crippen LogP contribution >= 0.6 is 0 Å². The van der Waals surface area contributed by atoms with Gasteiger partial charge in [0.1, 0.15) is 0 Å². The molecule has 0 unspecified atom stereocenters. The number of rotatable bonds is 4. The summed E-state index contributed by atoms with van der Waals surface area (Å²) in [6.45, 7) is 2.05. The minimum atomic E-state index is 0. The number of pyridine rings is 1. The van der Waals surface area contributed by atoms with E-state index in [9.17, 15) is 0 Å². The maximum atomic E-state index is 4.58. The number of aryl methyl sites for hydroxylation is 1.